The van der Waals surface area contributed by atoms with E-state index in [-0.39, 0.29) is 24.1 Å². The van der Waals surface area contributed by atoms with Gasteiger partial charge in [0.15, 0.2) is 17.3 Å². The van der Waals surface area contributed by atoms with Crippen LogP contribution in [0.4, 0.5) is 5.69 Å². The molecule has 0 saturated heterocycles. The van der Waals surface area contributed by atoms with Crippen LogP contribution in [0.2, 0.25) is 0 Å². The number of amides is 1. The van der Waals surface area contributed by atoms with Crippen LogP contribution in [0.15, 0.2) is 46.0 Å². The molecule has 1 aromatic carbocycles. The molecule has 10 nitrogen and oxygen atoms in total. The summed E-state index contributed by atoms with van der Waals surface area (Å²) in [4.78, 5) is 35.6. The van der Waals surface area contributed by atoms with Gasteiger partial charge >= 0.3 is 0 Å². The maximum Gasteiger partial charge on any atom is 0.296 e. The molecule has 164 valence electrons. The van der Waals surface area contributed by atoms with Crippen LogP contribution in [0, 0.1) is 0 Å². The minimum absolute atomic E-state index is 0.112. The number of para-hydroxylation sites is 2. The summed E-state index contributed by atoms with van der Waals surface area (Å²) in [6.07, 6.45) is 5.84. The zero-order valence-corrected chi connectivity index (χ0v) is 17.7. The summed E-state index contributed by atoms with van der Waals surface area (Å²) in [5, 5.41) is 6.21. The van der Waals surface area contributed by atoms with E-state index >= 15 is 0 Å². The predicted molar refractivity (Wildman–Crippen MR) is 117 cm³/mol. The predicted octanol–water partition coefficient (Wildman–Crippen LogP) is 3.16. The molecular weight excluding hydrogens is 412 g/mol. The first-order valence-electron chi connectivity index (χ1n) is 10.5. The maximum absolute atomic E-state index is 13.2. The minimum atomic E-state index is -0.595. The normalized spacial score (nSPS) is 13.8. The van der Waals surface area contributed by atoms with Crippen molar-refractivity contribution in [3.63, 3.8) is 0 Å². The Labute approximate surface area is 182 Å². The molecule has 0 radical (unpaired) electrons. The molecule has 3 heterocycles. The zero-order chi connectivity index (χ0) is 22.2. The number of fused-ring (bicyclic) bond motifs is 1. The van der Waals surface area contributed by atoms with Gasteiger partial charge in [-0.3, -0.25) is 14.2 Å². The fourth-order valence-electron chi connectivity index (χ4n) is 3.88. The standard InChI is InChI=1S/C22H22N6O4/c1-3-31-18-17(21(29)24-13-11-23-32-12-13)26-19(27(2)22(18)30)20-25-15-9-4-5-10-16(15)28(20)14-7-6-8-14/h4-5,9-12,14H,3,6-8H2,1-2H3,(H,24,29). The number of aromatic nitrogens is 5. The highest BCUT2D eigenvalue weighted by atomic mass is 16.5. The van der Waals surface area contributed by atoms with E-state index in [1.54, 1.807) is 14.0 Å². The molecule has 0 atom stereocenters. The maximum atomic E-state index is 13.2. The van der Waals surface area contributed by atoms with Crippen molar-refractivity contribution >= 4 is 22.6 Å². The molecule has 0 spiro atoms. The first-order chi connectivity index (χ1) is 15.6. The molecule has 1 amide bonds. The topological polar surface area (TPSA) is 117 Å². The van der Waals surface area contributed by atoms with Gasteiger partial charge in [-0.1, -0.05) is 17.3 Å². The highest BCUT2D eigenvalue weighted by Crippen LogP contribution is 2.38. The van der Waals surface area contributed by atoms with Gasteiger partial charge in [-0.2, -0.15) is 0 Å². The first kappa shape index (κ1) is 20.0. The monoisotopic (exact) mass is 434 g/mol. The Morgan fingerprint density at radius 2 is 2.06 bits per heavy atom. The van der Waals surface area contributed by atoms with E-state index in [1.807, 2.05) is 24.3 Å². The molecule has 0 bridgehead atoms. The average Bonchev–Trinajstić information content (AvgIpc) is 3.39. The van der Waals surface area contributed by atoms with Crippen LogP contribution in [-0.2, 0) is 7.05 Å². The molecular formula is C22H22N6O4. The van der Waals surface area contributed by atoms with E-state index in [4.69, 9.17) is 14.2 Å². The molecule has 3 aromatic heterocycles. The third-order valence-corrected chi connectivity index (χ3v) is 5.68. The van der Waals surface area contributed by atoms with Gasteiger partial charge in [0.05, 0.1) is 23.8 Å². The molecule has 10 heteroatoms. The molecule has 1 aliphatic carbocycles. The molecule has 1 fully saturated rings. The lowest BCUT2D eigenvalue weighted by Gasteiger charge is -2.29. The van der Waals surface area contributed by atoms with E-state index < -0.39 is 11.5 Å². The van der Waals surface area contributed by atoms with Crippen molar-refractivity contribution in [3.8, 4) is 17.4 Å². The number of carbonyl (C=O) groups is 1. The number of nitrogens with zero attached hydrogens (tertiary/aromatic N) is 5. The van der Waals surface area contributed by atoms with Gasteiger partial charge in [-0.05, 0) is 38.3 Å². The molecule has 5 rings (SSSR count). The minimum Gasteiger partial charge on any atom is -0.486 e. The van der Waals surface area contributed by atoms with Crippen molar-refractivity contribution in [2.75, 3.05) is 11.9 Å². The van der Waals surface area contributed by atoms with Crippen molar-refractivity contribution in [2.24, 2.45) is 7.05 Å². The van der Waals surface area contributed by atoms with E-state index in [0.29, 0.717) is 17.3 Å². The number of anilines is 1. The summed E-state index contributed by atoms with van der Waals surface area (Å²) in [6.45, 7) is 1.95. The Bertz CT molecular complexity index is 1350. The summed E-state index contributed by atoms with van der Waals surface area (Å²) >= 11 is 0. The number of carbonyl (C=O) groups excluding carboxylic acids is 1. The highest BCUT2D eigenvalue weighted by molar-refractivity contribution is 6.04. The molecule has 0 unspecified atom stereocenters. The number of hydrogen-bond acceptors (Lipinski definition) is 7. The van der Waals surface area contributed by atoms with Crippen molar-refractivity contribution in [3.05, 3.63) is 52.8 Å². The Kier molecular flexibility index (Phi) is 4.96. The van der Waals surface area contributed by atoms with Crippen molar-refractivity contribution < 1.29 is 14.1 Å². The van der Waals surface area contributed by atoms with Gasteiger partial charge in [0.2, 0.25) is 5.75 Å². The summed E-state index contributed by atoms with van der Waals surface area (Å²) in [7, 11) is 1.61. The number of imidazole rings is 1. The van der Waals surface area contributed by atoms with Gasteiger partial charge in [-0.25, -0.2) is 9.97 Å². The summed E-state index contributed by atoms with van der Waals surface area (Å²) in [6, 6.07) is 8.10. The fourth-order valence-corrected chi connectivity index (χ4v) is 3.88. The molecule has 1 N–H and O–H groups in total. The fraction of sp³-hybridized carbons (Fsp3) is 0.318. The van der Waals surface area contributed by atoms with E-state index in [0.717, 1.165) is 30.3 Å². The number of nitrogens with one attached hydrogen (secondary N) is 1. The smallest absolute Gasteiger partial charge is 0.296 e. The second kappa shape index (κ2) is 7.95. The highest BCUT2D eigenvalue weighted by Gasteiger charge is 2.29. The van der Waals surface area contributed by atoms with Crippen LogP contribution in [0.25, 0.3) is 22.7 Å². The van der Waals surface area contributed by atoms with Crippen molar-refractivity contribution in [1.29, 1.82) is 0 Å². The third-order valence-electron chi connectivity index (χ3n) is 5.68. The largest absolute Gasteiger partial charge is 0.486 e. The van der Waals surface area contributed by atoms with Crippen LogP contribution >= 0.6 is 0 Å². The average molecular weight is 434 g/mol. The van der Waals surface area contributed by atoms with Gasteiger partial charge in [0.25, 0.3) is 11.5 Å². The Balaban J connectivity index is 1.71. The van der Waals surface area contributed by atoms with Gasteiger partial charge < -0.3 is 19.1 Å². The second-order valence-electron chi connectivity index (χ2n) is 7.66. The first-order valence-corrected chi connectivity index (χ1v) is 10.5. The van der Waals surface area contributed by atoms with E-state index in [2.05, 4.69) is 20.0 Å². The Morgan fingerprint density at radius 3 is 2.75 bits per heavy atom. The van der Waals surface area contributed by atoms with Crippen molar-refractivity contribution in [2.45, 2.75) is 32.2 Å². The molecule has 1 saturated carbocycles. The van der Waals surface area contributed by atoms with Gasteiger partial charge in [0, 0.05) is 13.1 Å². The lowest BCUT2D eigenvalue weighted by molar-refractivity contribution is 0.101. The quantitative estimate of drug-likeness (QED) is 0.495. The summed E-state index contributed by atoms with van der Waals surface area (Å²) in [5.41, 5.74) is 1.57. The molecule has 0 aliphatic heterocycles. The van der Waals surface area contributed by atoms with Crippen LogP contribution in [0.5, 0.6) is 5.75 Å². The number of rotatable bonds is 6. The second-order valence-corrected chi connectivity index (χ2v) is 7.66. The van der Waals surface area contributed by atoms with Crippen LogP contribution in [-0.4, -0.2) is 36.8 Å². The van der Waals surface area contributed by atoms with E-state index in [9.17, 15) is 9.59 Å². The van der Waals surface area contributed by atoms with E-state index in [1.165, 1.54) is 17.0 Å². The Morgan fingerprint density at radius 1 is 1.25 bits per heavy atom. The summed E-state index contributed by atoms with van der Waals surface area (Å²) < 4.78 is 13.8. The molecule has 4 aromatic rings. The van der Waals surface area contributed by atoms with Crippen LogP contribution in [0.3, 0.4) is 0 Å². The lowest BCUT2D eigenvalue weighted by Crippen LogP contribution is -2.29. The van der Waals surface area contributed by atoms with Gasteiger partial charge in [0.1, 0.15) is 12.0 Å². The van der Waals surface area contributed by atoms with Gasteiger partial charge in [-0.15, -0.1) is 0 Å². The Hall–Kier alpha value is -3.95. The zero-order valence-electron chi connectivity index (χ0n) is 17.7. The lowest BCUT2D eigenvalue weighted by atomic mass is 9.92. The van der Waals surface area contributed by atoms with Crippen LogP contribution < -0.4 is 15.6 Å². The molecule has 1 aliphatic rings. The van der Waals surface area contributed by atoms with Crippen LogP contribution in [0.1, 0.15) is 42.7 Å². The van der Waals surface area contributed by atoms with Crippen molar-refractivity contribution in [1.82, 2.24) is 24.3 Å². The number of ether oxygens (including phenoxy) is 1. The molecule has 32 heavy (non-hydrogen) atoms. The summed E-state index contributed by atoms with van der Waals surface area (Å²) in [5.74, 6) is 0.149. The number of benzene rings is 1. The number of hydrogen-bond donors (Lipinski definition) is 1. The third kappa shape index (κ3) is 3.24. The SMILES string of the molecule is CCOc1c(C(=O)Nc2cnoc2)nc(-c2nc3ccccc3n2C2CCC2)n(C)c1=O.